The van der Waals surface area contributed by atoms with Crippen LogP contribution in [0.15, 0.2) is 42.5 Å². The Morgan fingerprint density at radius 2 is 1.77 bits per heavy atom. The first kappa shape index (κ1) is 28.7. The number of ether oxygens (including phenoxy) is 1. The molecular formula is C24H31Cl2N3O5S. The molecule has 0 aliphatic carbocycles. The molecule has 0 spiro atoms. The zero-order valence-electron chi connectivity index (χ0n) is 20.4. The Morgan fingerprint density at radius 3 is 2.37 bits per heavy atom. The van der Waals surface area contributed by atoms with E-state index in [-0.39, 0.29) is 34.2 Å². The number of rotatable bonds is 11. The summed E-state index contributed by atoms with van der Waals surface area (Å²) in [6, 6.07) is 10.7. The number of nitrogens with one attached hydrogen (secondary N) is 1. The molecule has 0 aromatic heterocycles. The highest BCUT2D eigenvalue weighted by Gasteiger charge is 2.31. The summed E-state index contributed by atoms with van der Waals surface area (Å²) in [5.41, 5.74) is 0.792. The van der Waals surface area contributed by atoms with E-state index in [1.54, 1.807) is 37.3 Å². The van der Waals surface area contributed by atoms with Gasteiger partial charge in [0.15, 0.2) is 0 Å². The topological polar surface area (TPSA) is 96.0 Å². The van der Waals surface area contributed by atoms with E-state index in [4.69, 9.17) is 27.9 Å². The number of anilines is 1. The fourth-order valence-corrected chi connectivity index (χ4v) is 4.60. The Balaban J connectivity index is 2.45. The van der Waals surface area contributed by atoms with Crippen molar-refractivity contribution in [2.75, 3.05) is 24.2 Å². The number of hydrogen-bond acceptors (Lipinski definition) is 5. The Morgan fingerprint density at radius 1 is 1.11 bits per heavy atom. The molecule has 0 fully saturated rings. The molecule has 11 heteroatoms. The van der Waals surface area contributed by atoms with Gasteiger partial charge in [-0.2, -0.15) is 0 Å². The van der Waals surface area contributed by atoms with Gasteiger partial charge in [0.1, 0.15) is 18.3 Å². The summed E-state index contributed by atoms with van der Waals surface area (Å²) >= 11 is 12.3. The lowest BCUT2D eigenvalue weighted by atomic mass is 10.1. The number of halogens is 2. The van der Waals surface area contributed by atoms with Gasteiger partial charge in [-0.05, 0) is 50.1 Å². The molecule has 0 aliphatic heterocycles. The molecule has 0 aliphatic rings. The van der Waals surface area contributed by atoms with E-state index in [9.17, 15) is 18.0 Å². The second-order valence-electron chi connectivity index (χ2n) is 8.21. The van der Waals surface area contributed by atoms with Gasteiger partial charge in [0.05, 0.1) is 29.1 Å². The lowest BCUT2D eigenvalue weighted by Crippen LogP contribution is -2.52. The Hall–Kier alpha value is -2.49. The molecule has 0 saturated carbocycles. The quantitative estimate of drug-likeness (QED) is 0.460. The van der Waals surface area contributed by atoms with Crippen molar-refractivity contribution in [1.29, 1.82) is 0 Å². The molecule has 35 heavy (non-hydrogen) atoms. The third kappa shape index (κ3) is 7.75. The maximum atomic E-state index is 13.6. The Bertz CT molecular complexity index is 1160. The Labute approximate surface area is 217 Å². The van der Waals surface area contributed by atoms with Crippen LogP contribution in [0.2, 0.25) is 10.0 Å². The third-order valence-corrected chi connectivity index (χ3v) is 7.47. The monoisotopic (exact) mass is 543 g/mol. The highest BCUT2D eigenvalue weighted by Crippen LogP contribution is 2.33. The van der Waals surface area contributed by atoms with Crippen molar-refractivity contribution < 1.29 is 22.7 Å². The lowest BCUT2D eigenvalue weighted by molar-refractivity contribution is -0.139. The molecule has 0 radical (unpaired) electrons. The van der Waals surface area contributed by atoms with Crippen LogP contribution in [0.1, 0.15) is 32.8 Å². The van der Waals surface area contributed by atoms with E-state index < -0.39 is 28.5 Å². The maximum absolute atomic E-state index is 13.6. The minimum absolute atomic E-state index is 0.00861. The summed E-state index contributed by atoms with van der Waals surface area (Å²) in [4.78, 5) is 27.8. The molecule has 8 nitrogen and oxygen atoms in total. The molecular weight excluding hydrogens is 513 g/mol. The van der Waals surface area contributed by atoms with Gasteiger partial charge in [-0.15, -0.1) is 0 Å². The van der Waals surface area contributed by atoms with Crippen LogP contribution >= 0.6 is 23.2 Å². The second-order valence-corrected chi connectivity index (χ2v) is 10.9. The normalized spacial score (nSPS) is 13.0. The highest BCUT2D eigenvalue weighted by atomic mass is 35.5. The van der Waals surface area contributed by atoms with E-state index in [1.807, 2.05) is 13.8 Å². The molecule has 0 heterocycles. The van der Waals surface area contributed by atoms with Crippen LogP contribution in [0.25, 0.3) is 0 Å². The largest absolute Gasteiger partial charge is 0.497 e. The molecule has 1 N–H and O–H groups in total. The van der Waals surface area contributed by atoms with Gasteiger partial charge >= 0.3 is 0 Å². The van der Waals surface area contributed by atoms with Gasteiger partial charge in [0, 0.05) is 12.6 Å². The molecule has 2 amide bonds. The first-order chi connectivity index (χ1) is 16.4. The van der Waals surface area contributed by atoms with Crippen LogP contribution in [-0.2, 0) is 26.2 Å². The summed E-state index contributed by atoms with van der Waals surface area (Å²) in [5.74, 6) is -0.335. The highest BCUT2D eigenvalue weighted by molar-refractivity contribution is 7.92. The summed E-state index contributed by atoms with van der Waals surface area (Å²) in [7, 11) is -2.39. The molecule has 2 aromatic carbocycles. The van der Waals surface area contributed by atoms with Gasteiger partial charge < -0.3 is 15.0 Å². The van der Waals surface area contributed by atoms with Crippen LogP contribution in [0.4, 0.5) is 5.69 Å². The van der Waals surface area contributed by atoms with Gasteiger partial charge in [0.25, 0.3) is 0 Å². The zero-order valence-corrected chi connectivity index (χ0v) is 22.7. The van der Waals surface area contributed by atoms with E-state index in [0.717, 1.165) is 17.0 Å². The minimum atomic E-state index is -3.92. The molecule has 0 unspecified atom stereocenters. The summed E-state index contributed by atoms with van der Waals surface area (Å²) < 4.78 is 31.4. The number of nitrogens with zero attached hydrogens (tertiary/aromatic N) is 2. The predicted octanol–water partition coefficient (Wildman–Crippen LogP) is 4.10. The summed E-state index contributed by atoms with van der Waals surface area (Å²) in [6.07, 6.45) is 1.69. The summed E-state index contributed by atoms with van der Waals surface area (Å²) in [6.45, 7) is 4.90. The number of hydrogen-bond donors (Lipinski definition) is 1. The van der Waals surface area contributed by atoms with E-state index in [1.165, 1.54) is 24.1 Å². The van der Waals surface area contributed by atoms with Crippen LogP contribution in [0.5, 0.6) is 5.75 Å². The van der Waals surface area contributed by atoms with E-state index in [2.05, 4.69) is 5.32 Å². The fourth-order valence-electron chi connectivity index (χ4n) is 3.30. The number of methoxy groups -OCH3 is 1. The van der Waals surface area contributed by atoms with Gasteiger partial charge in [0.2, 0.25) is 21.8 Å². The average molecular weight is 545 g/mol. The molecule has 2 atom stereocenters. The predicted molar refractivity (Wildman–Crippen MR) is 140 cm³/mol. The number of amides is 2. The van der Waals surface area contributed by atoms with Crippen molar-refractivity contribution in [3.63, 3.8) is 0 Å². The van der Waals surface area contributed by atoms with Crippen LogP contribution in [0.3, 0.4) is 0 Å². The van der Waals surface area contributed by atoms with Gasteiger partial charge in [-0.25, -0.2) is 8.42 Å². The molecule has 2 aromatic rings. The fraction of sp³-hybridized carbons (Fsp3) is 0.417. The van der Waals surface area contributed by atoms with E-state index >= 15 is 0 Å². The SMILES string of the molecule is CC[C@@H](C)NC(=O)[C@H](C)N(Cc1cccc(OC)c1)C(=O)CN(c1cccc(Cl)c1Cl)S(C)(=O)=O. The van der Waals surface area contributed by atoms with Crippen LogP contribution in [-0.4, -0.2) is 57.1 Å². The van der Waals surface area contributed by atoms with Crippen molar-refractivity contribution in [2.45, 2.75) is 45.8 Å². The standard InChI is InChI=1S/C24H31Cl2N3O5S/c1-6-16(2)27-24(31)17(3)28(14-18-9-7-10-19(13-18)34-4)22(30)15-29(35(5,32)33)21-12-8-11-20(25)23(21)26/h7-13,16-17H,6,14-15H2,1-5H3,(H,27,31)/t16-,17+/m1/s1. The summed E-state index contributed by atoms with van der Waals surface area (Å²) in [5, 5.41) is 3.04. The molecule has 192 valence electrons. The molecule has 0 bridgehead atoms. The number of carbonyl (C=O) groups is 2. The number of benzene rings is 2. The zero-order chi connectivity index (χ0) is 26.3. The minimum Gasteiger partial charge on any atom is -0.497 e. The van der Waals surface area contributed by atoms with Crippen LogP contribution in [0, 0.1) is 0 Å². The van der Waals surface area contributed by atoms with Crippen molar-refractivity contribution in [1.82, 2.24) is 10.2 Å². The van der Waals surface area contributed by atoms with Gasteiger partial charge in [-0.1, -0.05) is 48.3 Å². The third-order valence-electron chi connectivity index (χ3n) is 5.53. The first-order valence-electron chi connectivity index (χ1n) is 11.0. The molecule has 2 rings (SSSR count). The van der Waals surface area contributed by atoms with Crippen molar-refractivity contribution in [3.05, 3.63) is 58.1 Å². The van der Waals surface area contributed by atoms with E-state index in [0.29, 0.717) is 11.3 Å². The maximum Gasteiger partial charge on any atom is 0.244 e. The molecule has 0 saturated heterocycles. The average Bonchev–Trinajstić information content (AvgIpc) is 2.81. The number of carbonyl (C=O) groups excluding carboxylic acids is 2. The van der Waals surface area contributed by atoms with Gasteiger partial charge in [-0.3, -0.25) is 13.9 Å². The number of sulfonamides is 1. The Kier molecular flexibility index (Phi) is 10.2. The first-order valence-corrected chi connectivity index (χ1v) is 13.6. The van der Waals surface area contributed by atoms with Crippen molar-refractivity contribution >= 4 is 50.7 Å². The van der Waals surface area contributed by atoms with Crippen molar-refractivity contribution in [3.8, 4) is 5.75 Å². The lowest BCUT2D eigenvalue weighted by Gasteiger charge is -2.32. The smallest absolute Gasteiger partial charge is 0.244 e. The van der Waals surface area contributed by atoms with Crippen molar-refractivity contribution in [2.24, 2.45) is 0 Å². The van der Waals surface area contributed by atoms with Crippen LogP contribution < -0.4 is 14.4 Å². The second kappa shape index (κ2) is 12.5.